The van der Waals surface area contributed by atoms with Crippen molar-refractivity contribution in [2.45, 2.75) is 27.3 Å². The Morgan fingerprint density at radius 1 is 1.41 bits per heavy atom. The topological polar surface area (TPSA) is 46.9 Å². The molecule has 1 rings (SSSR count). The van der Waals surface area contributed by atoms with Gasteiger partial charge in [-0.3, -0.25) is 4.79 Å². The average Bonchev–Trinajstić information content (AvgIpc) is 2.67. The molecular weight excluding hydrogens is 214 g/mol. The van der Waals surface area contributed by atoms with E-state index in [2.05, 4.69) is 23.5 Å². The molecule has 4 nitrogen and oxygen atoms in total. The summed E-state index contributed by atoms with van der Waals surface area (Å²) in [6.45, 7) is 13.5. The molecule has 0 aliphatic carbocycles. The molecule has 0 unspecified atom stereocenters. The molecular formula is C13H21N3O. The standard InChI is InChI=1S/C11H15N3O.C2H6/c1-5-9-10(6-2)14(8(3)13-9)7-11(15)12-4;1-2/h5-6H,1-2,7H2,3-4H3,(H,12,15);1-2H3. The minimum absolute atomic E-state index is 0.0609. The third kappa shape index (κ3) is 3.59. The molecule has 4 heteroatoms. The van der Waals surface area contributed by atoms with Crippen LogP contribution < -0.4 is 5.32 Å². The number of carbonyl (C=O) groups is 1. The van der Waals surface area contributed by atoms with E-state index in [4.69, 9.17) is 0 Å². The van der Waals surface area contributed by atoms with Gasteiger partial charge < -0.3 is 9.88 Å². The molecule has 0 bridgehead atoms. The van der Waals surface area contributed by atoms with Gasteiger partial charge in [-0.05, 0) is 19.1 Å². The summed E-state index contributed by atoms with van der Waals surface area (Å²) >= 11 is 0. The maximum absolute atomic E-state index is 11.3. The second kappa shape index (κ2) is 7.44. The van der Waals surface area contributed by atoms with Gasteiger partial charge in [0.2, 0.25) is 5.91 Å². The van der Waals surface area contributed by atoms with E-state index in [0.29, 0.717) is 0 Å². The van der Waals surface area contributed by atoms with Gasteiger partial charge >= 0.3 is 0 Å². The number of hydrogen-bond donors (Lipinski definition) is 1. The van der Waals surface area contributed by atoms with E-state index in [1.165, 1.54) is 0 Å². The third-order valence-electron chi connectivity index (χ3n) is 2.19. The lowest BCUT2D eigenvalue weighted by atomic mass is 10.3. The van der Waals surface area contributed by atoms with Crippen molar-refractivity contribution in [3.8, 4) is 0 Å². The molecule has 1 amide bonds. The molecule has 1 aromatic heterocycles. The zero-order valence-electron chi connectivity index (χ0n) is 11.1. The number of hydrogen-bond acceptors (Lipinski definition) is 2. The maximum Gasteiger partial charge on any atom is 0.239 e. The number of imidazole rings is 1. The summed E-state index contributed by atoms with van der Waals surface area (Å²) in [6.07, 6.45) is 3.34. The first-order valence-electron chi connectivity index (χ1n) is 5.66. The molecule has 94 valence electrons. The average molecular weight is 235 g/mol. The molecule has 0 fully saturated rings. The lowest BCUT2D eigenvalue weighted by molar-refractivity contribution is -0.121. The molecule has 1 N–H and O–H groups in total. The van der Waals surface area contributed by atoms with Gasteiger partial charge in [-0.25, -0.2) is 4.98 Å². The van der Waals surface area contributed by atoms with Crippen molar-refractivity contribution in [3.05, 3.63) is 30.4 Å². The van der Waals surface area contributed by atoms with E-state index in [9.17, 15) is 4.79 Å². The lowest BCUT2D eigenvalue weighted by Gasteiger charge is -2.06. The molecule has 1 aromatic rings. The largest absolute Gasteiger partial charge is 0.358 e. The van der Waals surface area contributed by atoms with Crippen molar-refractivity contribution in [1.29, 1.82) is 0 Å². The molecule has 0 aliphatic rings. The number of likely N-dealkylation sites (N-methyl/N-ethyl adjacent to an activating group) is 1. The van der Waals surface area contributed by atoms with Crippen molar-refractivity contribution in [1.82, 2.24) is 14.9 Å². The molecule has 0 aromatic carbocycles. The first kappa shape index (κ1) is 15.2. The first-order valence-corrected chi connectivity index (χ1v) is 5.66. The van der Waals surface area contributed by atoms with Crippen LogP contribution >= 0.6 is 0 Å². The Balaban J connectivity index is 0.00000121. The molecule has 0 radical (unpaired) electrons. The maximum atomic E-state index is 11.3. The molecule has 0 aliphatic heterocycles. The number of aromatic nitrogens is 2. The van der Waals surface area contributed by atoms with Crippen molar-refractivity contribution in [2.75, 3.05) is 7.05 Å². The summed E-state index contributed by atoms with van der Waals surface area (Å²) in [4.78, 5) is 15.6. The van der Waals surface area contributed by atoms with Gasteiger partial charge in [-0.1, -0.05) is 27.0 Å². The van der Waals surface area contributed by atoms with Gasteiger partial charge in [0, 0.05) is 7.05 Å². The number of rotatable bonds is 4. The highest BCUT2D eigenvalue weighted by atomic mass is 16.1. The predicted molar refractivity (Wildman–Crippen MR) is 72.6 cm³/mol. The number of aryl methyl sites for hydroxylation is 1. The van der Waals surface area contributed by atoms with Crippen LogP contribution in [0.2, 0.25) is 0 Å². The van der Waals surface area contributed by atoms with Crippen LogP contribution in [0.15, 0.2) is 13.2 Å². The van der Waals surface area contributed by atoms with Gasteiger partial charge in [0.1, 0.15) is 12.4 Å². The number of carbonyl (C=O) groups excluding carboxylic acids is 1. The summed E-state index contributed by atoms with van der Waals surface area (Å²) in [5.41, 5.74) is 1.58. The summed E-state index contributed by atoms with van der Waals surface area (Å²) in [7, 11) is 1.61. The zero-order chi connectivity index (χ0) is 13.4. The van der Waals surface area contributed by atoms with Crippen molar-refractivity contribution >= 4 is 18.1 Å². The normalized spacial score (nSPS) is 8.94. The fourth-order valence-corrected chi connectivity index (χ4v) is 1.39. The highest BCUT2D eigenvalue weighted by Crippen LogP contribution is 2.14. The molecule has 0 atom stereocenters. The van der Waals surface area contributed by atoms with Crippen LogP contribution in [0.1, 0.15) is 31.1 Å². The molecule has 0 saturated heterocycles. The van der Waals surface area contributed by atoms with E-state index in [1.807, 2.05) is 25.3 Å². The van der Waals surface area contributed by atoms with E-state index in [0.717, 1.165) is 17.2 Å². The van der Waals surface area contributed by atoms with E-state index >= 15 is 0 Å². The smallest absolute Gasteiger partial charge is 0.239 e. The Kier molecular flexibility index (Phi) is 6.63. The Morgan fingerprint density at radius 3 is 2.41 bits per heavy atom. The predicted octanol–water partition coefficient (Wildman–Crippen LogP) is 2.25. The zero-order valence-corrected chi connectivity index (χ0v) is 11.1. The van der Waals surface area contributed by atoms with Crippen molar-refractivity contribution < 1.29 is 4.79 Å². The van der Waals surface area contributed by atoms with Crippen LogP contribution in [-0.4, -0.2) is 22.5 Å². The van der Waals surface area contributed by atoms with E-state index in [-0.39, 0.29) is 12.5 Å². The van der Waals surface area contributed by atoms with Gasteiger partial charge in [0.05, 0.1) is 11.4 Å². The van der Waals surface area contributed by atoms with Crippen LogP contribution in [0, 0.1) is 6.92 Å². The highest BCUT2D eigenvalue weighted by molar-refractivity contribution is 5.76. The quantitative estimate of drug-likeness (QED) is 0.870. The number of nitrogens with one attached hydrogen (secondary N) is 1. The van der Waals surface area contributed by atoms with E-state index in [1.54, 1.807) is 19.2 Å². The summed E-state index contributed by atoms with van der Waals surface area (Å²) in [5, 5.41) is 2.57. The number of nitrogens with zero attached hydrogens (tertiary/aromatic N) is 2. The second-order valence-corrected chi connectivity index (χ2v) is 3.10. The van der Waals surface area contributed by atoms with Crippen LogP contribution in [0.5, 0.6) is 0 Å². The van der Waals surface area contributed by atoms with Crippen LogP contribution in [0.4, 0.5) is 0 Å². The van der Waals surface area contributed by atoms with Crippen molar-refractivity contribution in [3.63, 3.8) is 0 Å². The second-order valence-electron chi connectivity index (χ2n) is 3.10. The molecule has 17 heavy (non-hydrogen) atoms. The van der Waals surface area contributed by atoms with Crippen molar-refractivity contribution in [2.24, 2.45) is 0 Å². The summed E-state index contributed by atoms with van der Waals surface area (Å²) in [5.74, 6) is 0.720. The number of amides is 1. The minimum atomic E-state index is -0.0609. The summed E-state index contributed by atoms with van der Waals surface area (Å²) in [6, 6.07) is 0. The van der Waals surface area contributed by atoms with E-state index < -0.39 is 0 Å². The molecule has 0 spiro atoms. The van der Waals surface area contributed by atoms with Crippen LogP contribution in [0.25, 0.3) is 12.2 Å². The molecule has 1 heterocycles. The van der Waals surface area contributed by atoms with Gasteiger partial charge in [-0.15, -0.1) is 0 Å². The van der Waals surface area contributed by atoms with Crippen LogP contribution in [-0.2, 0) is 11.3 Å². The highest BCUT2D eigenvalue weighted by Gasteiger charge is 2.11. The Bertz CT molecular complexity index is 405. The van der Waals surface area contributed by atoms with Crippen LogP contribution in [0.3, 0.4) is 0 Å². The fourth-order valence-electron chi connectivity index (χ4n) is 1.39. The monoisotopic (exact) mass is 235 g/mol. The van der Waals surface area contributed by atoms with Gasteiger partial charge in [0.15, 0.2) is 0 Å². The first-order chi connectivity index (χ1) is 8.13. The Labute approximate surface area is 103 Å². The minimum Gasteiger partial charge on any atom is -0.358 e. The third-order valence-corrected chi connectivity index (χ3v) is 2.19. The lowest BCUT2D eigenvalue weighted by Crippen LogP contribution is -2.24. The molecule has 0 saturated carbocycles. The Hall–Kier alpha value is -1.84. The van der Waals surface area contributed by atoms with Gasteiger partial charge in [-0.2, -0.15) is 0 Å². The van der Waals surface area contributed by atoms with Gasteiger partial charge in [0.25, 0.3) is 0 Å². The Morgan fingerprint density at radius 2 is 2.00 bits per heavy atom. The summed E-state index contributed by atoms with van der Waals surface area (Å²) < 4.78 is 1.81. The SMILES string of the molecule is C=Cc1nc(C)n(CC(=O)NC)c1C=C.CC. The fraction of sp³-hybridized carbons (Fsp3) is 0.385.